The molecule has 0 saturated carbocycles. The molecule has 84 valence electrons. The zero-order chi connectivity index (χ0) is 12.0. The lowest BCUT2D eigenvalue weighted by atomic mass is 10.3. The smallest absolute Gasteiger partial charge is 0.299 e. The molecule has 0 aromatic heterocycles. The van der Waals surface area contributed by atoms with Crippen LogP contribution in [0.1, 0.15) is 0 Å². The van der Waals surface area contributed by atoms with E-state index in [-0.39, 0.29) is 0 Å². The summed E-state index contributed by atoms with van der Waals surface area (Å²) in [6.45, 7) is 0. The van der Waals surface area contributed by atoms with Crippen molar-refractivity contribution < 1.29 is 23.2 Å². The van der Waals surface area contributed by atoms with Crippen LogP contribution in [0.2, 0.25) is 15.1 Å². The lowest BCUT2D eigenvalue weighted by Gasteiger charge is -2.09. The molecule has 15 heavy (non-hydrogen) atoms. The van der Waals surface area contributed by atoms with Gasteiger partial charge in [-0.05, 0) is 0 Å². The van der Waals surface area contributed by atoms with Gasteiger partial charge in [0, 0.05) is 0 Å². The third-order valence-corrected chi connectivity index (χ3v) is 3.71. The van der Waals surface area contributed by atoms with Gasteiger partial charge in [-0.1, -0.05) is 34.8 Å². The van der Waals surface area contributed by atoms with Gasteiger partial charge in [0.25, 0.3) is 10.1 Å². The maximum atomic E-state index is 10.8. The van der Waals surface area contributed by atoms with E-state index in [1.165, 1.54) is 0 Å². The molecule has 0 unspecified atom stereocenters. The van der Waals surface area contributed by atoms with E-state index >= 15 is 0 Å². The Hall–Kier alpha value is -0.400. The monoisotopic (exact) mass is 292 g/mol. The standard InChI is InChI=1S/C6H3Cl3O5S/c7-1-2(8)5(11)6(15(12,13)14)3(9)4(1)10/h10-11H,(H,12,13,14). The van der Waals surface area contributed by atoms with Crippen molar-refractivity contribution in [3.05, 3.63) is 15.1 Å². The van der Waals surface area contributed by atoms with Gasteiger partial charge in [0.2, 0.25) is 0 Å². The molecule has 0 radical (unpaired) electrons. The van der Waals surface area contributed by atoms with Gasteiger partial charge in [0.05, 0.1) is 0 Å². The number of hydrogen-bond donors (Lipinski definition) is 3. The normalized spacial score (nSPS) is 11.7. The first-order valence-corrected chi connectivity index (χ1v) is 5.81. The second-order valence-electron chi connectivity index (χ2n) is 2.44. The molecule has 0 bridgehead atoms. The van der Waals surface area contributed by atoms with Gasteiger partial charge >= 0.3 is 0 Å². The maximum Gasteiger partial charge on any atom is 0.299 e. The van der Waals surface area contributed by atoms with Gasteiger partial charge in [-0.25, -0.2) is 0 Å². The van der Waals surface area contributed by atoms with Crippen LogP contribution in [0.3, 0.4) is 0 Å². The van der Waals surface area contributed by atoms with Crippen molar-refractivity contribution in [3.8, 4) is 11.5 Å². The fourth-order valence-electron chi connectivity index (χ4n) is 0.851. The van der Waals surface area contributed by atoms with Crippen LogP contribution in [0, 0.1) is 0 Å². The minimum Gasteiger partial charge on any atom is -0.505 e. The summed E-state index contributed by atoms with van der Waals surface area (Å²) >= 11 is 16.2. The zero-order valence-corrected chi connectivity index (χ0v) is 9.78. The van der Waals surface area contributed by atoms with Crippen molar-refractivity contribution in [3.63, 3.8) is 0 Å². The summed E-state index contributed by atoms with van der Waals surface area (Å²) in [6.07, 6.45) is 0. The second-order valence-corrected chi connectivity index (χ2v) is 4.94. The molecule has 0 fully saturated rings. The Morgan fingerprint density at radius 1 is 0.867 bits per heavy atom. The van der Waals surface area contributed by atoms with Crippen molar-refractivity contribution in [1.82, 2.24) is 0 Å². The van der Waals surface area contributed by atoms with Crippen LogP contribution in [-0.4, -0.2) is 23.2 Å². The zero-order valence-electron chi connectivity index (χ0n) is 6.70. The van der Waals surface area contributed by atoms with E-state index < -0.39 is 41.6 Å². The Morgan fingerprint density at radius 2 is 1.27 bits per heavy atom. The molecule has 0 atom stereocenters. The highest BCUT2D eigenvalue weighted by atomic mass is 35.5. The molecule has 9 heteroatoms. The number of halogens is 3. The largest absolute Gasteiger partial charge is 0.505 e. The predicted molar refractivity (Wildman–Crippen MR) is 54.6 cm³/mol. The first-order valence-electron chi connectivity index (χ1n) is 3.23. The summed E-state index contributed by atoms with van der Waals surface area (Å²) in [5.41, 5.74) is 0. The molecular formula is C6H3Cl3O5S. The molecule has 1 rings (SSSR count). The summed E-state index contributed by atoms with van der Waals surface area (Å²) < 4.78 is 30.3. The average Bonchev–Trinajstić information content (AvgIpc) is 2.09. The van der Waals surface area contributed by atoms with Crippen molar-refractivity contribution in [2.24, 2.45) is 0 Å². The number of benzene rings is 1. The minimum atomic E-state index is -4.81. The topological polar surface area (TPSA) is 94.8 Å². The Balaban J connectivity index is 3.84. The van der Waals surface area contributed by atoms with Crippen LogP contribution in [0.15, 0.2) is 4.90 Å². The molecule has 0 spiro atoms. The Morgan fingerprint density at radius 3 is 1.67 bits per heavy atom. The van der Waals surface area contributed by atoms with Gasteiger partial charge in [0.15, 0.2) is 16.4 Å². The molecule has 0 saturated heterocycles. The van der Waals surface area contributed by atoms with Crippen LogP contribution >= 0.6 is 34.8 Å². The fraction of sp³-hybridized carbons (Fsp3) is 0. The molecule has 0 amide bonds. The maximum absolute atomic E-state index is 10.8. The van der Waals surface area contributed by atoms with Gasteiger partial charge in [0.1, 0.15) is 15.1 Å². The third kappa shape index (κ3) is 2.09. The van der Waals surface area contributed by atoms with Gasteiger partial charge in [-0.2, -0.15) is 8.42 Å². The summed E-state index contributed by atoms with van der Waals surface area (Å²) in [7, 11) is -4.81. The van der Waals surface area contributed by atoms with Crippen molar-refractivity contribution in [2.45, 2.75) is 4.90 Å². The van der Waals surface area contributed by atoms with Crippen LogP contribution in [0.4, 0.5) is 0 Å². The van der Waals surface area contributed by atoms with Crippen LogP contribution in [0.5, 0.6) is 11.5 Å². The Bertz CT molecular complexity index is 495. The highest BCUT2D eigenvalue weighted by Gasteiger charge is 2.28. The lowest BCUT2D eigenvalue weighted by molar-refractivity contribution is 0.434. The van der Waals surface area contributed by atoms with Gasteiger partial charge in [-0.15, -0.1) is 0 Å². The van der Waals surface area contributed by atoms with Gasteiger partial charge in [-0.3, -0.25) is 4.55 Å². The molecule has 0 aliphatic heterocycles. The van der Waals surface area contributed by atoms with Gasteiger partial charge < -0.3 is 10.2 Å². The van der Waals surface area contributed by atoms with E-state index in [1.807, 2.05) is 0 Å². The molecule has 1 aromatic carbocycles. The van der Waals surface area contributed by atoms with E-state index in [0.29, 0.717) is 0 Å². The fourth-order valence-corrected chi connectivity index (χ4v) is 2.47. The van der Waals surface area contributed by atoms with E-state index in [1.54, 1.807) is 0 Å². The van der Waals surface area contributed by atoms with E-state index in [9.17, 15) is 18.6 Å². The molecule has 0 aliphatic carbocycles. The van der Waals surface area contributed by atoms with Crippen LogP contribution in [-0.2, 0) is 10.1 Å². The number of phenolic OH excluding ortho intramolecular Hbond substituents is 2. The quantitative estimate of drug-likeness (QED) is 0.419. The van der Waals surface area contributed by atoms with Crippen molar-refractivity contribution >= 4 is 44.9 Å². The number of rotatable bonds is 1. The number of hydrogen-bond acceptors (Lipinski definition) is 4. The Kier molecular flexibility index (Phi) is 3.27. The van der Waals surface area contributed by atoms with E-state index in [2.05, 4.69) is 0 Å². The number of phenols is 2. The third-order valence-electron chi connectivity index (χ3n) is 1.49. The van der Waals surface area contributed by atoms with Crippen molar-refractivity contribution in [1.29, 1.82) is 0 Å². The average molecular weight is 294 g/mol. The number of aromatic hydroxyl groups is 2. The summed E-state index contributed by atoms with van der Waals surface area (Å²) in [6, 6.07) is 0. The first-order chi connectivity index (χ1) is 6.68. The van der Waals surface area contributed by atoms with E-state index in [4.69, 9.17) is 39.4 Å². The molecule has 1 aromatic rings. The van der Waals surface area contributed by atoms with Crippen LogP contribution < -0.4 is 0 Å². The minimum absolute atomic E-state index is 0.508. The highest BCUT2D eigenvalue weighted by molar-refractivity contribution is 7.86. The highest BCUT2D eigenvalue weighted by Crippen LogP contribution is 2.48. The van der Waals surface area contributed by atoms with E-state index in [0.717, 1.165) is 0 Å². The lowest BCUT2D eigenvalue weighted by Crippen LogP contribution is -2.00. The second kappa shape index (κ2) is 3.88. The summed E-state index contributed by atoms with van der Waals surface area (Å²) in [5, 5.41) is 16.6. The Labute approximate surface area is 99.6 Å². The predicted octanol–water partition coefficient (Wildman–Crippen LogP) is 2.30. The molecule has 5 nitrogen and oxygen atoms in total. The SMILES string of the molecule is O=S(=O)(O)c1c(O)c(Cl)c(Cl)c(O)c1Cl. The molecule has 0 aliphatic rings. The molecular weight excluding hydrogens is 290 g/mol. The summed E-state index contributed by atoms with van der Waals surface area (Å²) in [5.74, 6) is -1.86. The van der Waals surface area contributed by atoms with Crippen molar-refractivity contribution in [2.75, 3.05) is 0 Å². The summed E-state index contributed by atoms with van der Waals surface area (Å²) in [4.78, 5) is -1.09. The first kappa shape index (κ1) is 12.7. The molecule has 0 heterocycles. The van der Waals surface area contributed by atoms with Crippen LogP contribution in [0.25, 0.3) is 0 Å². The molecule has 3 N–H and O–H groups in total.